The molecule has 1 atom stereocenters. The van der Waals surface area contributed by atoms with Crippen molar-refractivity contribution in [2.45, 2.75) is 39.0 Å². The van der Waals surface area contributed by atoms with Crippen LogP contribution in [0.4, 0.5) is 0 Å². The molecule has 0 aromatic heterocycles. The van der Waals surface area contributed by atoms with Gasteiger partial charge in [-0.25, -0.2) is 0 Å². The van der Waals surface area contributed by atoms with E-state index < -0.39 is 0 Å². The molecule has 0 aliphatic carbocycles. The van der Waals surface area contributed by atoms with Crippen molar-refractivity contribution in [1.82, 2.24) is 0 Å². The monoisotopic (exact) mass is 188 g/mol. The molecule has 0 saturated heterocycles. The molecule has 0 heteroatoms. The summed E-state index contributed by atoms with van der Waals surface area (Å²) in [6, 6.07) is 10.8. The summed E-state index contributed by atoms with van der Waals surface area (Å²) in [5, 5.41) is 0. The predicted octanol–water partition coefficient (Wildman–Crippen LogP) is 4.54. The van der Waals surface area contributed by atoms with Gasteiger partial charge >= 0.3 is 0 Å². The third-order valence-corrected chi connectivity index (χ3v) is 2.68. The molecule has 1 unspecified atom stereocenters. The van der Waals surface area contributed by atoms with Crippen LogP contribution in [0.5, 0.6) is 0 Å². The minimum Gasteiger partial charge on any atom is -0.0917 e. The van der Waals surface area contributed by atoms with Crippen molar-refractivity contribution in [2.24, 2.45) is 0 Å². The molecule has 0 amide bonds. The van der Waals surface area contributed by atoms with Crippen LogP contribution in [0.2, 0.25) is 0 Å². The van der Waals surface area contributed by atoms with Crippen molar-refractivity contribution in [3.63, 3.8) is 0 Å². The van der Waals surface area contributed by atoms with E-state index in [-0.39, 0.29) is 0 Å². The lowest BCUT2D eigenvalue weighted by Crippen LogP contribution is -1.96. The average Bonchev–Trinajstić information content (AvgIpc) is 2.26. The number of hydrogen-bond donors (Lipinski definition) is 0. The van der Waals surface area contributed by atoms with Crippen LogP contribution in [-0.2, 0) is 0 Å². The lowest BCUT2D eigenvalue weighted by Gasteiger charge is -2.13. The Morgan fingerprint density at radius 1 is 1.21 bits per heavy atom. The highest BCUT2D eigenvalue weighted by atomic mass is 14.1. The first-order chi connectivity index (χ1) is 6.88. The highest BCUT2D eigenvalue weighted by Gasteiger charge is 2.06. The Morgan fingerprint density at radius 2 is 1.93 bits per heavy atom. The van der Waals surface area contributed by atoms with E-state index in [0.717, 1.165) is 5.92 Å². The Morgan fingerprint density at radius 3 is 2.50 bits per heavy atom. The van der Waals surface area contributed by atoms with E-state index in [9.17, 15) is 0 Å². The summed E-state index contributed by atoms with van der Waals surface area (Å²) in [4.78, 5) is 0. The second kappa shape index (κ2) is 6.42. The Labute approximate surface area is 87.7 Å². The second-order valence-corrected chi connectivity index (χ2v) is 3.66. The SMILES string of the molecule is C/C=C/CCC(CC)c1ccccc1. The summed E-state index contributed by atoms with van der Waals surface area (Å²) in [5.74, 6) is 0.729. The molecule has 14 heavy (non-hydrogen) atoms. The van der Waals surface area contributed by atoms with E-state index in [0.29, 0.717) is 0 Å². The van der Waals surface area contributed by atoms with E-state index in [1.165, 1.54) is 24.8 Å². The summed E-state index contributed by atoms with van der Waals surface area (Å²) in [6.45, 7) is 4.36. The van der Waals surface area contributed by atoms with Crippen LogP contribution in [0.3, 0.4) is 0 Å². The van der Waals surface area contributed by atoms with Gasteiger partial charge in [-0.1, -0.05) is 49.4 Å². The van der Waals surface area contributed by atoms with Crippen LogP contribution in [0.25, 0.3) is 0 Å². The fraction of sp³-hybridized carbons (Fsp3) is 0.429. The number of allylic oxidation sites excluding steroid dienone is 2. The summed E-state index contributed by atoms with van der Waals surface area (Å²) in [7, 11) is 0. The standard InChI is InChI=1S/C14H20/c1-3-5-7-10-13(4-2)14-11-8-6-9-12-14/h3,5-6,8-9,11-13H,4,7,10H2,1-2H3/b5-3+. The smallest absolute Gasteiger partial charge is 0.0162 e. The van der Waals surface area contributed by atoms with Gasteiger partial charge in [0.25, 0.3) is 0 Å². The van der Waals surface area contributed by atoms with Gasteiger partial charge in [-0.15, -0.1) is 0 Å². The van der Waals surface area contributed by atoms with Gasteiger partial charge in [0.05, 0.1) is 0 Å². The minimum atomic E-state index is 0.729. The molecule has 0 aliphatic heterocycles. The third-order valence-electron chi connectivity index (χ3n) is 2.68. The summed E-state index contributed by atoms with van der Waals surface area (Å²) >= 11 is 0. The van der Waals surface area contributed by atoms with Crippen molar-refractivity contribution in [2.75, 3.05) is 0 Å². The first-order valence-corrected chi connectivity index (χ1v) is 5.54. The highest BCUT2D eigenvalue weighted by Crippen LogP contribution is 2.24. The molecule has 0 spiro atoms. The number of hydrogen-bond acceptors (Lipinski definition) is 0. The van der Waals surface area contributed by atoms with Gasteiger partial charge < -0.3 is 0 Å². The fourth-order valence-electron chi connectivity index (χ4n) is 1.80. The molecule has 76 valence electrons. The van der Waals surface area contributed by atoms with Crippen molar-refractivity contribution < 1.29 is 0 Å². The molecule has 0 aliphatic rings. The first-order valence-electron chi connectivity index (χ1n) is 5.54. The van der Waals surface area contributed by atoms with Crippen molar-refractivity contribution in [1.29, 1.82) is 0 Å². The summed E-state index contributed by atoms with van der Waals surface area (Å²) in [6.07, 6.45) is 8.10. The van der Waals surface area contributed by atoms with Gasteiger partial charge in [-0.2, -0.15) is 0 Å². The summed E-state index contributed by atoms with van der Waals surface area (Å²) in [5.41, 5.74) is 1.49. The molecular formula is C14H20. The van der Waals surface area contributed by atoms with Gasteiger partial charge in [0, 0.05) is 0 Å². The molecule has 0 nitrogen and oxygen atoms in total. The van der Waals surface area contributed by atoms with Gasteiger partial charge in [0.1, 0.15) is 0 Å². The highest BCUT2D eigenvalue weighted by molar-refractivity contribution is 5.19. The normalized spacial score (nSPS) is 13.3. The maximum absolute atomic E-state index is 2.27. The Balaban J connectivity index is 2.54. The minimum absolute atomic E-state index is 0.729. The molecule has 0 fully saturated rings. The molecule has 0 radical (unpaired) electrons. The van der Waals surface area contributed by atoms with Gasteiger partial charge in [0.2, 0.25) is 0 Å². The molecule has 1 rings (SSSR count). The van der Waals surface area contributed by atoms with E-state index >= 15 is 0 Å². The Hall–Kier alpha value is -1.04. The molecule has 1 aromatic carbocycles. The van der Waals surface area contributed by atoms with Crippen molar-refractivity contribution in [3.05, 3.63) is 48.0 Å². The Kier molecular flexibility index (Phi) is 5.06. The van der Waals surface area contributed by atoms with E-state index in [2.05, 4.69) is 56.3 Å². The molecule has 0 saturated carbocycles. The van der Waals surface area contributed by atoms with Gasteiger partial charge in [0.15, 0.2) is 0 Å². The van der Waals surface area contributed by atoms with Crippen molar-refractivity contribution >= 4 is 0 Å². The van der Waals surface area contributed by atoms with E-state index in [1.54, 1.807) is 0 Å². The zero-order valence-corrected chi connectivity index (χ0v) is 9.24. The third kappa shape index (κ3) is 3.37. The van der Waals surface area contributed by atoms with E-state index in [1.807, 2.05) is 0 Å². The number of benzene rings is 1. The molecule has 0 bridgehead atoms. The zero-order valence-electron chi connectivity index (χ0n) is 9.24. The molecule has 0 heterocycles. The first kappa shape index (κ1) is 11.0. The van der Waals surface area contributed by atoms with Crippen LogP contribution >= 0.6 is 0 Å². The van der Waals surface area contributed by atoms with Crippen molar-refractivity contribution in [3.8, 4) is 0 Å². The predicted molar refractivity (Wildman–Crippen MR) is 63.5 cm³/mol. The molecule has 1 aromatic rings. The molecular weight excluding hydrogens is 168 g/mol. The van der Waals surface area contributed by atoms with Crippen LogP contribution in [0.15, 0.2) is 42.5 Å². The van der Waals surface area contributed by atoms with Gasteiger partial charge in [-0.05, 0) is 37.7 Å². The lowest BCUT2D eigenvalue weighted by atomic mass is 9.92. The number of rotatable bonds is 5. The largest absolute Gasteiger partial charge is 0.0917 e. The second-order valence-electron chi connectivity index (χ2n) is 3.66. The summed E-state index contributed by atoms with van der Waals surface area (Å²) < 4.78 is 0. The average molecular weight is 188 g/mol. The molecule has 0 N–H and O–H groups in total. The van der Waals surface area contributed by atoms with Crippen LogP contribution in [-0.4, -0.2) is 0 Å². The lowest BCUT2D eigenvalue weighted by molar-refractivity contribution is 0.613. The van der Waals surface area contributed by atoms with Gasteiger partial charge in [-0.3, -0.25) is 0 Å². The van der Waals surface area contributed by atoms with Crippen LogP contribution < -0.4 is 0 Å². The maximum atomic E-state index is 2.27. The van der Waals surface area contributed by atoms with Crippen LogP contribution in [0.1, 0.15) is 44.6 Å². The fourth-order valence-corrected chi connectivity index (χ4v) is 1.80. The van der Waals surface area contributed by atoms with Crippen LogP contribution in [0, 0.1) is 0 Å². The van der Waals surface area contributed by atoms with E-state index in [4.69, 9.17) is 0 Å². The quantitative estimate of drug-likeness (QED) is 0.595. The topological polar surface area (TPSA) is 0 Å². The Bertz CT molecular complexity index is 259. The zero-order chi connectivity index (χ0) is 10.2. The maximum Gasteiger partial charge on any atom is -0.0162 e.